The molecule has 1 rings (SSSR count). The van der Waals surface area contributed by atoms with Gasteiger partial charge in [0, 0.05) is 12.3 Å². The lowest BCUT2D eigenvalue weighted by molar-refractivity contribution is 1.21. The molecular weight excluding hydrogens is 120 g/mol. The molecule has 0 aliphatic rings. The second-order valence-corrected chi connectivity index (χ2v) is 1.44. The average Bonchev–Trinajstić information content (AvgIpc) is 1.97. The van der Waals surface area contributed by atoms with Crippen molar-refractivity contribution < 1.29 is 0 Å². The smallest absolute Gasteiger partial charge is 0.271 e. The van der Waals surface area contributed by atoms with Crippen LogP contribution >= 0.6 is 0 Å². The fourth-order valence-electron chi connectivity index (χ4n) is 0.398. The quantitative estimate of drug-likeness (QED) is 0.489. The van der Waals surface area contributed by atoms with Gasteiger partial charge < -0.3 is 4.98 Å². The summed E-state index contributed by atoms with van der Waals surface area (Å²) in [6.45, 7) is 0. The Balaban J connectivity index is 3.51. The first-order valence-corrected chi connectivity index (χ1v) is 2.34. The Hall–Kier alpha value is -1.45. The molecule has 1 N–H and O–H groups in total. The van der Waals surface area contributed by atoms with Crippen molar-refractivity contribution in [2.75, 3.05) is 0 Å². The van der Waals surface area contributed by atoms with Crippen LogP contribution in [-0.4, -0.2) is 9.97 Å². The van der Waals surface area contributed by atoms with E-state index in [0.29, 0.717) is 0 Å². The standard InChI is InChI=1S/C5H4N2O2/c8-4-1-2-6-5(9)3-7-4/h1-3H,(H,6,9). The van der Waals surface area contributed by atoms with Gasteiger partial charge in [-0.15, -0.1) is 0 Å². The number of aromatic nitrogens is 2. The Bertz CT molecular complexity index is 274. The zero-order valence-electron chi connectivity index (χ0n) is 4.50. The lowest BCUT2D eigenvalue weighted by Gasteiger charge is -1.60. The van der Waals surface area contributed by atoms with Crippen LogP contribution in [0.2, 0.25) is 0 Å². The van der Waals surface area contributed by atoms with Gasteiger partial charge in [0.25, 0.3) is 11.1 Å². The van der Waals surface area contributed by atoms with Gasteiger partial charge in [-0.05, 0) is 0 Å². The van der Waals surface area contributed by atoms with Gasteiger partial charge in [0.2, 0.25) is 0 Å². The molecule has 4 nitrogen and oxygen atoms in total. The minimum Gasteiger partial charge on any atom is -0.328 e. The molecule has 0 saturated heterocycles. The minimum atomic E-state index is -0.423. The molecule has 0 fully saturated rings. The summed E-state index contributed by atoms with van der Waals surface area (Å²) in [5.74, 6) is 0. The van der Waals surface area contributed by atoms with Crippen LogP contribution in [0.3, 0.4) is 0 Å². The van der Waals surface area contributed by atoms with E-state index in [-0.39, 0.29) is 5.56 Å². The molecule has 1 aromatic heterocycles. The Kier molecular flexibility index (Phi) is 1.40. The van der Waals surface area contributed by atoms with Gasteiger partial charge in [0.05, 0.1) is 6.20 Å². The Morgan fingerprint density at radius 1 is 1.44 bits per heavy atom. The number of hydrogen-bond acceptors (Lipinski definition) is 3. The van der Waals surface area contributed by atoms with E-state index in [1.54, 1.807) is 0 Å². The molecule has 1 heterocycles. The summed E-state index contributed by atoms with van der Waals surface area (Å²) in [5.41, 5.74) is -0.801. The van der Waals surface area contributed by atoms with Crippen LogP contribution in [0.1, 0.15) is 0 Å². The van der Waals surface area contributed by atoms with E-state index in [4.69, 9.17) is 0 Å². The molecule has 9 heavy (non-hydrogen) atoms. The van der Waals surface area contributed by atoms with Crippen molar-refractivity contribution in [2.45, 2.75) is 0 Å². The number of rotatable bonds is 0. The number of H-pyrrole nitrogens is 1. The maximum absolute atomic E-state index is 10.4. The Morgan fingerprint density at radius 2 is 2.22 bits per heavy atom. The van der Waals surface area contributed by atoms with Gasteiger partial charge in [-0.3, -0.25) is 9.59 Å². The van der Waals surface area contributed by atoms with Crippen molar-refractivity contribution in [3.8, 4) is 0 Å². The maximum Gasteiger partial charge on any atom is 0.271 e. The number of nitrogens with one attached hydrogen (secondary N) is 1. The predicted octanol–water partition coefficient (Wildman–Crippen LogP) is -0.870. The zero-order chi connectivity index (χ0) is 6.69. The average molecular weight is 124 g/mol. The second-order valence-electron chi connectivity index (χ2n) is 1.44. The summed E-state index contributed by atoms with van der Waals surface area (Å²) in [6, 6.07) is 1.18. The topological polar surface area (TPSA) is 62.8 Å². The largest absolute Gasteiger partial charge is 0.328 e. The van der Waals surface area contributed by atoms with Crippen molar-refractivity contribution in [3.05, 3.63) is 39.2 Å². The van der Waals surface area contributed by atoms with E-state index in [2.05, 4.69) is 9.97 Å². The van der Waals surface area contributed by atoms with Crippen LogP contribution in [0.5, 0.6) is 0 Å². The zero-order valence-corrected chi connectivity index (χ0v) is 4.50. The van der Waals surface area contributed by atoms with E-state index in [0.717, 1.165) is 6.20 Å². The number of hydrogen-bond donors (Lipinski definition) is 1. The van der Waals surface area contributed by atoms with Crippen LogP contribution in [0.15, 0.2) is 28.0 Å². The van der Waals surface area contributed by atoms with E-state index in [1.165, 1.54) is 12.3 Å². The summed E-state index contributed by atoms with van der Waals surface area (Å²) in [5, 5.41) is 0. The van der Waals surface area contributed by atoms with Gasteiger partial charge in [0.15, 0.2) is 0 Å². The number of aromatic amines is 1. The third-order valence-electron chi connectivity index (χ3n) is 0.761. The molecule has 0 aromatic carbocycles. The molecule has 0 aliphatic carbocycles. The highest BCUT2D eigenvalue weighted by atomic mass is 16.1. The van der Waals surface area contributed by atoms with Crippen molar-refractivity contribution in [2.24, 2.45) is 0 Å². The Labute approximate surface area is 50.2 Å². The monoisotopic (exact) mass is 124 g/mol. The van der Waals surface area contributed by atoms with Gasteiger partial charge >= 0.3 is 0 Å². The van der Waals surface area contributed by atoms with Crippen molar-refractivity contribution in [3.63, 3.8) is 0 Å². The van der Waals surface area contributed by atoms with E-state index < -0.39 is 5.56 Å². The molecule has 0 spiro atoms. The molecule has 1 aromatic rings. The molecule has 0 bridgehead atoms. The van der Waals surface area contributed by atoms with Crippen LogP contribution in [-0.2, 0) is 0 Å². The molecule has 46 valence electrons. The first-order chi connectivity index (χ1) is 4.29. The molecule has 0 radical (unpaired) electrons. The molecule has 0 unspecified atom stereocenters. The fraction of sp³-hybridized carbons (Fsp3) is 0. The minimum absolute atomic E-state index is 0.378. The van der Waals surface area contributed by atoms with Crippen LogP contribution in [0.25, 0.3) is 0 Å². The van der Waals surface area contributed by atoms with Gasteiger partial charge in [-0.2, -0.15) is 0 Å². The predicted molar refractivity (Wildman–Crippen MR) is 31.1 cm³/mol. The molecule has 0 atom stereocenters. The summed E-state index contributed by atoms with van der Waals surface area (Å²) >= 11 is 0. The molecule has 4 heteroatoms. The molecule has 0 amide bonds. The fourth-order valence-corrected chi connectivity index (χ4v) is 0.398. The van der Waals surface area contributed by atoms with E-state index in [1.807, 2.05) is 0 Å². The van der Waals surface area contributed by atoms with E-state index in [9.17, 15) is 9.59 Å². The first kappa shape index (κ1) is 5.68. The van der Waals surface area contributed by atoms with Crippen LogP contribution in [0, 0.1) is 0 Å². The summed E-state index contributed by atoms with van der Waals surface area (Å²) in [7, 11) is 0. The third-order valence-corrected chi connectivity index (χ3v) is 0.761. The second kappa shape index (κ2) is 2.21. The molecular formula is C5H4N2O2. The maximum atomic E-state index is 10.4. The summed E-state index contributed by atoms with van der Waals surface area (Å²) < 4.78 is 0. The van der Waals surface area contributed by atoms with Crippen molar-refractivity contribution in [1.29, 1.82) is 0 Å². The van der Waals surface area contributed by atoms with Gasteiger partial charge in [-0.1, -0.05) is 0 Å². The van der Waals surface area contributed by atoms with Crippen LogP contribution < -0.4 is 11.1 Å². The van der Waals surface area contributed by atoms with Crippen molar-refractivity contribution in [1.82, 2.24) is 9.97 Å². The third kappa shape index (κ3) is 1.49. The SMILES string of the molecule is O=c1cc[nH]c(=O)cn1. The summed E-state index contributed by atoms with van der Waals surface area (Å²) in [4.78, 5) is 26.2. The van der Waals surface area contributed by atoms with E-state index >= 15 is 0 Å². The highest BCUT2D eigenvalue weighted by Crippen LogP contribution is 1.53. The Morgan fingerprint density at radius 3 is 3.00 bits per heavy atom. The van der Waals surface area contributed by atoms with Crippen molar-refractivity contribution >= 4 is 0 Å². The lowest BCUT2D eigenvalue weighted by Crippen LogP contribution is -2.01. The van der Waals surface area contributed by atoms with Gasteiger partial charge in [-0.25, -0.2) is 4.98 Å². The first-order valence-electron chi connectivity index (χ1n) is 2.34. The summed E-state index contributed by atoms with van der Waals surface area (Å²) in [6.07, 6.45) is 2.21. The molecule has 0 aliphatic heterocycles. The number of nitrogens with zero attached hydrogens (tertiary/aromatic N) is 1. The normalized spacial score (nSPS) is 8.89. The highest BCUT2D eigenvalue weighted by molar-refractivity contribution is 4.79. The lowest BCUT2D eigenvalue weighted by atomic mass is 10.7. The molecule has 0 saturated carbocycles. The highest BCUT2D eigenvalue weighted by Gasteiger charge is 1.77. The van der Waals surface area contributed by atoms with Crippen LogP contribution in [0.4, 0.5) is 0 Å². The van der Waals surface area contributed by atoms with Gasteiger partial charge in [0.1, 0.15) is 0 Å².